The molecular weight excluding hydrogens is 328 g/mol. The van der Waals surface area contributed by atoms with Gasteiger partial charge >= 0.3 is 0 Å². The molecule has 0 radical (unpaired) electrons. The molecule has 26 heavy (non-hydrogen) atoms. The summed E-state index contributed by atoms with van der Waals surface area (Å²) in [6.45, 7) is 9.59. The Hall–Kier alpha value is -2.34. The lowest BCUT2D eigenvalue weighted by molar-refractivity contribution is -0.166. The van der Waals surface area contributed by atoms with E-state index >= 15 is 0 Å². The van der Waals surface area contributed by atoms with E-state index in [9.17, 15) is 9.59 Å². The number of nitrogens with one attached hydrogen (secondary N) is 3. The number of piperazine rings is 1. The number of carbonyl (C=O) groups is 2. The second-order valence-corrected chi connectivity index (χ2v) is 8.78. The molecule has 2 fully saturated rings. The van der Waals surface area contributed by atoms with E-state index in [1.54, 1.807) is 0 Å². The van der Waals surface area contributed by atoms with Crippen LogP contribution in [0.3, 0.4) is 0 Å². The molecule has 0 aliphatic carbocycles. The number of likely N-dealkylation sites (tertiary alicyclic amines) is 1. The lowest BCUT2D eigenvalue weighted by Crippen LogP contribution is -2.87. The summed E-state index contributed by atoms with van der Waals surface area (Å²) in [5.41, 5.74) is 0.908. The molecule has 1 aromatic carbocycles. The molecule has 0 spiro atoms. The standard InChI is InChI=1S/C20H26N4O2/c1-19(2,3)16(18(26)24-10-15-20(24,4)11-21-15)23-17(25)14-9-12-7-5-6-8-13(12)22-14/h5-9,15-16,21-22H,10-11H2,1-4H3,(H,23,25)/t15-,16-,20?/m1/s1. The van der Waals surface area contributed by atoms with E-state index in [2.05, 4.69) is 22.5 Å². The number of nitrogens with zero attached hydrogens (tertiary/aromatic N) is 1. The van der Waals surface area contributed by atoms with Crippen molar-refractivity contribution in [1.82, 2.24) is 20.5 Å². The fourth-order valence-electron chi connectivity index (χ4n) is 3.92. The highest BCUT2D eigenvalue weighted by molar-refractivity contribution is 6.00. The van der Waals surface area contributed by atoms with Gasteiger partial charge in [-0.1, -0.05) is 39.0 Å². The second kappa shape index (κ2) is 5.58. The van der Waals surface area contributed by atoms with Gasteiger partial charge in [0, 0.05) is 30.0 Å². The van der Waals surface area contributed by atoms with Gasteiger partial charge in [-0.25, -0.2) is 0 Å². The monoisotopic (exact) mass is 354 g/mol. The molecule has 1 aromatic heterocycles. The molecular formula is C20H26N4O2. The smallest absolute Gasteiger partial charge is 0.268 e. The molecule has 138 valence electrons. The second-order valence-electron chi connectivity index (χ2n) is 8.78. The van der Waals surface area contributed by atoms with Crippen LogP contribution in [0.2, 0.25) is 0 Å². The average molecular weight is 354 g/mol. The highest BCUT2D eigenvalue weighted by atomic mass is 16.2. The SMILES string of the molecule is CC(C)(C)[C@H](NC(=O)c1cc2ccccc2[nH]1)C(=O)N1C[C@H]2NCC21C. The number of carbonyl (C=O) groups excluding carboxylic acids is 2. The van der Waals surface area contributed by atoms with Crippen molar-refractivity contribution in [1.29, 1.82) is 0 Å². The molecule has 2 aliphatic heterocycles. The summed E-state index contributed by atoms with van der Waals surface area (Å²) in [5.74, 6) is -0.245. The fraction of sp³-hybridized carbons (Fsp3) is 0.500. The Morgan fingerprint density at radius 3 is 2.58 bits per heavy atom. The van der Waals surface area contributed by atoms with Crippen LogP contribution in [0.4, 0.5) is 0 Å². The maximum Gasteiger partial charge on any atom is 0.268 e. The van der Waals surface area contributed by atoms with Crippen LogP contribution in [-0.2, 0) is 4.79 Å². The lowest BCUT2D eigenvalue weighted by atomic mass is 9.72. The van der Waals surface area contributed by atoms with Gasteiger partial charge in [0.15, 0.2) is 0 Å². The molecule has 3 heterocycles. The minimum Gasteiger partial charge on any atom is -0.351 e. The normalized spacial score (nSPS) is 25.8. The number of rotatable bonds is 3. The summed E-state index contributed by atoms with van der Waals surface area (Å²) >= 11 is 0. The summed E-state index contributed by atoms with van der Waals surface area (Å²) in [6.07, 6.45) is 0. The Morgan fingerprint density at radius 2 is 2.04 bits per heavy atom. The number of hydrogen-bond acceptors (Lipinski definition) is 3. The molecule has 3 atom stereocenters. The number of H-pyrrole nitrogens is 1. The van der Waals surface area contributed by atoms with E-state index in [0.717, 1.165) is 17.4 Å². The number of amides is 2. The van der Waals surface area contributed by atoms with E-state index in [4.69, 9.17) is 0 Å². The predicted octanol–water partition coefficient (Wildman–Crippen LogP) is 1.89. The van der Waals surface area contributed by atoms with E-state index in [1.165, 1.54) is 0 Å². The molecule has 2 saturated heterocycles. The van der Waals surface area contributed by atoms with Gasteiger partial charge in [-0.05, 0) is 24.5 Å². The summed E-state index contributed by atoms with van der Waals surface area (Å²) < 4.78 is 0. The zero-order chi connectivity index (χ0) is 18.7. The maximum absolute atomic E-state index is 13.2. The third kappa shape index (κ3) is 2.51. The van der Waals surface area contributed by atoms with Gasteiger partial charge in [0.05, 0.1) is 5.54 Å². The Labute approximate surface area is 153 Å². The maximum atomic E-state index is 13.2. The molecule has 2 aliphatic rings. The van der Waals surface area contributed by atoms with Crippen molar-refractivity contribution in [2.45, 2.75) is 45.3 Å². The largest absolute Gasteiger partial charge is 0.351 e. The van der Waals surface area contributed by atoms with Gasteiger partial charge in [-0.15, -0.1) is 0 Å². The fourth-order valence-corrected chi connectivity index (χ4v) is 3.92. The zero-order valence-corrected chi connectivity index (χ0v) is 15.7. The van der Waals surface area contributed by atoms with Gasteiger partial charge in [0.2, 0.25) is 5.91 Å². The topological polar surface area (TPSA) is 77.2 Å². The molecule has 6 heteroatoms. The van der Waals surface area contributed by atoms with Gasteiger partial charge in [0.25, 0.3) is 5.91 Å². The van der Waals surface area contributed by atoms with E-state index in [-0.39, 0.29) is 22.8 Å². The Kier molecular flexibility index (Phi) is 3.67. The quantitative estimate of drug-likeness (QED) is 0.788. The van der Waals surface area contributed by atoms with Crippen LogP contribution in [0.1, 0.15) is 38.2 Å². The number of para-hydroxylation sites is 1. The summed E-state index contributed by atoms with van der Waals surface area (Å²) in [6, 6.07) is 9.40. The van der Waals surface area contributed by atoms with Crippen LogP contribution in [-0.4, -0.2) is 52.4 Å². The molecule has 6 nitrogen and oxygen atoms in total. The van der Waals surface area contributed by atoms with Gasteiger partial charge in [-0.3, -0.25) is 9.59 Å². The van der Waals surface area contributed by atoms with E-state index < -0.39 is 6.04 Å². The van der Waals surface area contributed by atoms with Crippen molar-refractivity contribution in [2.24, 2.45) is 5.41 Å². The van der Waals surface area contributed by atoms with Crippen molar-refractivity contribution in [3.8, 4) is 0 Å². The van der Waals surface area contributed by atoms with Crippen molar-refractivity contribution in [3.63, 3.8) is 0 Å². The number of aromatic nitrogens is 1. The van der Waals surface area contributed by atoms with Crippen molar-refractivity contribution in [3.05, 3.63) is 36.0 Å². The first-order valence-corrected chi connectivity index (χ1v) is 9.14. The summed E-state index contributed by atoms with van der Waals surface area (Å²) in [7, 11) is 0. The molecule has 0 bridgehead atoms. The number of benzene rings is 1. The molecule has 2 aromatic rings. The van der Waals surface area contributed by atoms with Crippen LogP contribution in [0.25, 0.3) is 10.9 Å². The Bertz CT molecular complexity index is 848. The molecule has 2 amide bonds. The third-order valence-corrected chi connectivity index (χ3v) is 5.87. The average Bonchev–Trinajstić information content (AvgIpc) is 3.01. The highest BCUT2D eigenvalue weighted by Gasteiger charge is 2.59. The molecule has 1 unspecified atom stereocenters. The van der Waals surface area contributed by atoms with E-state index in [1.807, 2.05) is 56.0 Å². The molecule has 0 saturated carbocycles. The number of hydrogen-bond donors (Lipinski definition) is 3. The minimum absolute atomic E-state index is 0.00205. The lowest BCUT2D eigenvalue weighted by Gasteiger charge is -2.65. The van der Waals surface area contributed by atoms with Crippen molar-refractivity contribution < 1.29 is 9.59 Å². The summed E-state index contributed by atoms with van der Waals surface area (Å²) in [4.78, 5) is 31.0. The number of fused-ring (bicyclic) bond motifs is 2. The highest BCUT2D eigenvalue weighted by Crippen LogP contribution is 2.38. The third-order valence-electron chi connectivity index (χ3n) is 5.87. The van der Waals surface area contributed by atoms with Crippen LogP contribution < -0.4 is 10.6 Å². The molecule has 4 rings (SSSR count). The first-order chi connectivity index (χ1) is 12.2. The van der Waals surface area contributed by atoms with Crippen molar-refractivity contribution >= 4 is 22.7 Å². The van der Waals surface area contributed by atoms with Crippen LogP contribution in [0.15, 0.2) is 30.3 Å². The van der Waals surface area contributed by atoms with Crippen LogP contribution in [0.5, 0.6) is 0 Å². The van der Waals surface area contributed by atoms with Gasteiger partial charge < -0.3 is 20.5 Å². The Morgan fingerprint density at radius 1 is 1.31 bits per heavy atom. The van der Waals surface area contributed by atoms with Gasteiger partial charge in [0.1, 0.15) is 11.7 Å². The van der Waals surface area contributed by atoms with Crippen LogP contribution in [0, 0.1) is 5.41 Å². The summed E-state index contributed by atoms with van der Waals surface area (Å²) in [5, 5.41) is 7.30. The first kappa shape index (κ1) is 17.1. The predicted molar refractivity (Wildman–Crippen MR) is 101 cm³/mol. The Balaban J connectivity index is 1.55. The minimum atomic E-state index is -0.570. The van der Waals surface area contributed by atoms with Crippen molar-refractivity contribution in [2.75, 3.05) is 13.1 Å². The van der Waals surface area contributed by atoms with Gasteiger partial charge in [-0.2, -0.15) is 0 Å². The van der Waals surface area contributed by atoms with E-state index in [0.29, 0.717) is 18.3 Å². The first-order valence-electron chi connectivity index (χ1n) is 9.14. The number of aromatic amines is 1. The molecule has 3 N–H and O–H groups in total. The zero-order valence-electron chi connectivity index (χ0n) is 15.7. The van der Waals surface area contributed by atoms with Crippen LogP contribution >= 0.6 is 0 Å².